The first-order chi connectivity index (χ1) is 9.88. The molecule has 0 heterocycles. The summed E-state index contributed by atoms with van der Waals surface area (Å²) in [6.07, 6.45) is -0.202. The molecule has 6 heteroatoms. The van der Waals surface area contributed by atoms with E-state index in [0.717, 1.165) is 0 Å². The van der Waals surface area contributed by atoms with Gasteiger partial charge in [-0.15, -0.1) is 0 Å². The summed E-state index contributed by atoms with van der Waals surface area (Å²) in [5.74, 6) is -1.23. The average Bonchev–Trinajstić information content (AvgIpc) is 2.40. The lowest BCUT2D eigenvalue weighted by molar-refractivity contribution is -0.136. The fourth-order valence-electron chi connectivity index (χ4n) is 1.96. The molecule has 0 unspecified atom stereocenters. The maximum Gasteiger partial charge on any atom is 0.307 e. The smallest absolute Gasteiger partial charge is 0.307 e. The Kier molecular flexibility index (Phi) is 4.65. The Balaban J connectivity index is 2.33. The summed E-state index contributed by atoms with van der Waals surface area (Å²) in [7, 11) is -3.54. The van der Waals surface area contributed by atoms with Crippen molar-refractivity contribution in [1.82, 2.24) is 0 Å². The third-order valence-corrected chi connectivity index (χ3v) is 4.91. The number of rotatable bonds is 5. The molecular formula is C15H13ClO4S. The molecule has 4 nitrogen and oxygen atoms in total. The highest BCUT2D eigenvalue weighted by atomic mass is 35.5. The molecule has 1 N–H and O–H groups in total. The van der Waals surface area contributed by atoms with Crippen LogP contribution in [0.5, 0.6) is 0 Å². The summed E-state index contributed by atoms with van der Waals surface area (Å²) in [6, 6.07) is 12.5. The molecule has 0 spiro atoms. The SMILES string of the molecule is O=C(O)Cc1ccccc1CS(=O)(=O)c1ccc(Cl)cc1. The van der Waals surface area contributed by atoms with Crippen molar-refractivity contribution in [3.63, 3.8) is 0 Å². The molecule has 0 saturated heterocycles. The highest BCUT2D eigenvalue weighted by molar-refractivity contribution is 7.90. The van der Waals surface area contributed by atoms with Crippen LogP contribution in [0.25, 0.3) is 0 Å². The highest BCUT2D eigenvalue weighted by Gasteiger charge is 2.18. The zero-order valence-corrected chi connectivity index (χ0v) is 12.6. The number of aliphatic carboxylic acids is 1. The number of hydrogen-bond donors (Lipinski definition) is 1. The van der Waals surface area contributed by atoms with Gasteiger partial charge in [0.1, 0.15) is 0 Å². The van der Waals surface area contributed by atoms with Crippen molar-refractivity contribution in [2.24, 2.45) is 0 Å². The van der Waals surface area contributed by atoms with E-state index in [1.165, 1.54) is 24.3 Å². The minimum atomic E-state index is -3.54. The van der Waals surface area contributed by atoms with Crippen LogP contribution < -0.4 is 0 Å². The first-order valence-corrected chi connectivity index (χ1v) is 8.18. The van der Waals surface area contributed by atoms with Crippen molar-refractivity contribution in [3.8, 4) is 0 Å². The van der Waals surface area contributed by atoms with Crippen molar-refractivity contribution in [2.75, 3.05) is 0 Å². The Bertz CT molecular complexity index is 751. The Morgan fingerprint density at radius 1 is 1.00 bits per heavy atom. The molecule has 2 aromatic carbocycles. The third kappa shape index (κ3) is 4.06. The van der Waals surface area contributed by atoms with E-state index in [2.05, 4.69) is 0 Å². The van der Waals surface area contributed by atoms with Gasteiger partial charge >= 0.3 is 5.97 Å². The largest absolute Gasteiger partial charge is 0.481 e. The lowest BCUT2D eigenvalue weighted by Gasteiger charge is -2.09. The minimum absolute atomic E-state index is 0.164. The van der Waals surface area contributed by atoms with Gasteiger partial charge < -0.3 is 5.11 Å². The average molecular weight is 325 g/mol. The first kappa shape index (κ1) is 15.5. The van der Waals surface area contributed by atoms with Gasteiger partial charge in [0.2, 0.25) is 0 Å². The first-order valence-electron chi connectivity index (χ1n) is 6.15. The summed E-state index contributed by atoms with van der Waals surface area (Å²) in [5.41, 5.74) is 0.998. The van der Waals surface area contributed by atoms with Crippen molar-refractivity contribution in [1.29, 1.82) is 0 Å². The number of carboxylic acid groups (broad SMARTS) is 1. The van der Waals surface area contributed by atoms with Crippen LogP contribution in [-0.2, 0) is 26.8 Å². The number of sulfone groups is 1. The second-order valence-electron chi connectivity index (χ2n) is 4.55. The Labute approximate surface area is 127 Å². The molecule has 0 aliphatic carbocycles. The molecule has 0 fully saturated rings. The molecular weight excluding hydrogens is 312 g/mol. The maximum absolute atomic E-state index is 12.4. The predicted octanol–water partition coefficient (Wildman–Crippen LogP) is 2.94. The molecule has 0 bridgehead atoms. The zero-order chi connectivity index (χ0) is 15.5. The Morgan fingerprint density at radius 2 is 1.57 bits per heavy atom. The van der Waals surface area contributed by atoms with Crippen LogP contribution in [0.3, 0.4) is 0 Å². The minimum Gasteiger partial charge on any atom is -0.481 e. The second kappa shape index (κ2) is 6.28. The Morgan fingerprint density at radius 3 is 2.14 bits per heavy atom. The zero-order valence-electron chi connectivity index (χ0n) is 11.0. The predicted molar refractivity (Wildman–Crippen MR) is 80.1 cm³/mol. The molecule has 2 aromatic rings. The monoisotopic (exact) mass is 324 g/mol. The van der Waals surface area contributed by atoms with E-state index >= 15 is 0 Å². The van der Waals surface area contributed by atoms with E-state index in [-0.39, 0.29) is 17.1 Å². The summed E-state index contributed by atoms with van der Waals surface area (Å²) in [6.45, 7) is 0. The fourth-order valence-corrected chi connectivity index (χ4v) is 3.50. The van der Waals surface area contributed by atoms with Gasteiger partial charge in [0.15, 0.2) is 9.84 Å². The summed E-state index contributed by atoms with van der Waals surface area (Å²) in [5, 5.41) is 9.33. The molecule has 0 aliphatic heterocycles. The van der Waals surface area contributed by atoms with Gasteiger partial charge in [-0.25, -0.2) is 8.42 Å². The second-order valence-corrected chi connectivity index (χ2v) is 6.98. The van der Waals surface area contributed by atoms with Gasteiger partial charge in [0.25, 0.3) is 0 Å². The third-order valence-electron chi connectivity index (χ3n) is 2.98. The van der Waals surface area contributed by atoms with E-state index in [0.29, 0.717) is 16.1 Å². The van der Waals surface area contributed by atoms with E-state index in [1.807, 2.05) is 0 Å². The van der Waals surface area contributed by atoms with Gasteiger partial charge in [-0.3, -0.25) is 4.79 Å². The topological polar surface area (TPSA) is 71.4 Å². The molecule has 0 atom stereocenters. The number of benzene rings is 2. The van der Waals surface area contributed by atoms with Crippen LogP contribution in [0.2, 0.25) is 5.02 Å². The number of halogens is 1. The van der Waals surface area contributed by atoms with E-state index in [4.69, 9.17) is 16.7 Å². The summed E-state index contributed by atoms with van der Waals surface area (Å²) < 4.78 is 24.7. The molecule has 0 aromatic heterocycles. The quantitative estimate of drug-likeness (QED) is 0.918. The van der Waals surface area contributed by atoms with Crippen LogP contribution in [0.1, 0.15) is 11.1 Å². The number of carboxylic acids is 1. The normalized spacial score (nSPS) is 11.3. The summed E-state index contributed by atoms with van der Waals surface area (Å²) >= 11 is 5.74. The molecule has 21 heavy (non-hydrogen) atoms. The number of carbonyl (C=O) groups is 1. The van der Waals surface area contributed by atoms with E-state index < -0.39 is 15.8 Å². The van der Waals surface area contributed by atoms with Crippen LogP contribution in [0.15, 0.2) is 53.4 Å². The molecule has 0 saturated carbocycles. The Hall–Kier alpha value is -1.85. The van der Waals surface area contributed by atoms with Crippen molar-refractivity contribution < 1.29 is 18.3 Å². The van der Waals surface area contributed by atoms with E-state index in [1.54, 1.807) is 24.3 Å². The van der Waals surface area contributed by atoms with Gasteiger partial charge in [-0.05, 0) is 35.4 Å². The number of hydrogen-bond acceptors (Lipinski definition) is 3. The van der Waals surface area contributed by atoms with E-state index in [9.17, 15) is 13.2 Å². The highest BCUT2D eigenvalue weighted by Crippen LogP contribution is 2.21. The van der Waals surface area contributed by atoms with Crippen LogP contribution in [-0.4, -0.2) is 19.5 Å². The molecule has 2 rings (SSSR count). The van der Waals surface area contributed by atoms with Gasteiger partial charge in [-0.1, -0.05) is 35.9 Å². The molecule has 0 radical (unpaired) electrons. The van der Waals surface area contributed by atoms with Crippen LogP contribution >= 0.6 is 11.6 Å². The maximum atomic E-state index is 12.4. The fraction of sp³-hybridized carbons (Fsp3) is 0.133. The summed E-state index contributed by atoms with van der Waals surface area (Å²) in [4.78, 5) is 11.0. The van der Waals surface area contributed by atoms with Crippen molar-refractivity contribution in [3.05, 3.63) is 64.7 Å². The van der Waals surface area contributed by atoms with Crippen molar-refractivity contribution in [2.45, 2.75) is 17.1 Å². The molecule has 0 amide bonds. The van der Waals surface area contributed by atoms with Crippen LogP contribution in [0, 0.1) is 0 Å². The lowest BCUT2D eigenvalue weighted by Crippen LogP contribution is -2.09. The van der Waals surface area contributed by atoms with Crippen molar-refractivity contribution >= 4 is 27.4 Å². The van der Waals surface area contributed by atoms with Crippen LogP contribution in [0.4, 0.5) is 0 Å². The van der Waals surface area contributed by atoms with Gasteiger partial charge in [-0.2, -0.15) is 0 Å². The molecule has 0 aliphatic rings. The van der Waals surface area contributed by atoms with Gasteiger partial charge in [0, 0.05) is 5.02 Å². The lowest BCUT2D eigenvalue weighted by atomic mass is 10.1. The standard InChI is InChI=1S/C15H13ClO4S/c16-13-5-7-14(8-6-13)21(19,20)10-12-4-2-1-3-11(12)9-15(17)18/h1-8H,9-10H2,(H,17,18). The molecule has 110 valence electrons. The van der Waals surface area contributed by atoms with Gasteiger partial charge in [0.05, 0.1) is 17.1 Å².